The largest absolute Gasteiger partial charge is 0.0654 e. The van der Waals surface area contributed by atoms with Gasteiger partial charge in [0.25, 0.3) is 0 Å². The predicted molar refractivity (Wildman–Crippen MR) is 62.3 cm³/mol. The van der Waals surface area contributed by atoms with Gasteiger partial charge in [0.05, 0.1) is 0 Å². The summed E-state index contributed by atoms with van der Waals surface area (Å²) in [6.07, 6.45) is 13.6. The molecule has 0 heteroatoms. The highest BCUT2D eigenvalue weighted by Crippen LogP contribution is 2.48. The van der Waals surface area contributed by atoms with Crippen molar-refractivity contribution < 1.29 is 0 Å². The molecule has 0 aliphatic heterocycles. The fraction of sp³-hybridized carbons (Fsp3) is 1.00. The van der Waals surface area contributed by atoms with Crippen molar-refractivity contribution in [1.82, 2.24) is 0 Å². The molecule has 0 nitrogen and oxygen atoms in total. The van der Waals surface area contributed by atoms with E-state index in [-0.39, 0.29) is 0 Å². The van der Waals surface area contributed by atoms with Crippen molar-refractivity contribution in [3.63, 3.8) is 0 Å². The Labute approximate surface area is 89.5 Å². The highest BCUT2D eigenvalue weighted by Gasteiger charge is 2.35. The van der Waals surface area contributed by atoms with E-state index in [2.05, 4.69) is 13.8 Å². The van der Waals surface area contributed by atoms with Gasteiger partial charge in [-0.3, -0.25) is 0 Å². The fourth-order valence-electron chi connectivity index (χ4n) is 4.15. The summed E-state index contributed by atoms with van der Waals surface area (Å²) >= 11 is 0. The molecule has 0 aromatic rings. The molecule has 0 spiro atoms. The Morgan fingerprint density at radius 3 is 2.07 bits per heavy atom. The number of fused-ring (bicyclic) bond motifs is 3. The number of rotatable bonds is 2. The van der Waals surface area contributed by atoms with E-state index in [0.717, 1.165) is 11.8 Å². The molecule has 0 saturated heterocycles. The normalized spacial score (nSPS) is 43.3. The third kappa shape index (κ3) is 2.32. The summed E-state index contributed by atoms with van der Waals surface area (Å²) in [6.45, 7) is 4.92. The van der Waals surface area contributed by atoms with Crippen LogP contribution < -0.4 is 0 Å². The van der Waals surface area contributed by atoms with Gasteiger partial charge in [-0.1, -0.05) is 52.4 Å². The zero-order valence-corrected chi connectivity index (χ0v) is 10.0. The van der Waals surface area contributed by atoms with E-state index in [0.29, 0.717) is 5.41 Å². The van der Waals surface area contributed by atoms with Crippen LogP contribution in [0.25, 0.3) is 0 Å². The van der Waals surface area contributed by atoms with Crippen LogP contribution in [0.1, 0.15) is 71.6 Å². The molecular weight excluding hydrogens is 168 g/mol. The van der Waals surface area contributed by atoms with Gasteiger partial charge in [-0.15, -0.1) is 0 Å². The average molecular weight is 194 g/mol. The summed E-state index contributed by atoms with van der Waals surface area (Å²) in [5, 5.41) is 0. The number of hydrogen-bond donors (Lipinski definition) is 0. The van der Waals surface area contributed by atoms with Crippen molar-refractivity contribution in [1.29, 1.82) is 0 Å². The molecule has 0 aromatic carbocycles. The quantitative estimate of drug-likeness (QED) is 0.593. The maximum absolute atomic E-state index is 2.56. The second kappa shape index (κ2) is 4.24. The van der Waals surface area contributed by atoms with Crippen molar-refractivity contribution in [2.24, 2.45) is 17.3 Å². The van der Waals surface area contributed by atoms with Gasteiger partial charge in [0.15, 0.2) is 0 Å². The van der Waals surface area contributed by atoms with Gasteiger partial charge in [0.1, 0.15) is 0 Å². The van der Waals surface area contributed by atoms with E-state index < -0.39 is 0 Å². The molecule has 2 atom stereocenters. The highest BCUT2D eigenvalue weighted by atomic mass is 14.4. The van der Waals surface area contributed by atoms with E-state index >= 15 is 0 Å². The standard InChI is InChI=1S/C14H26/c1-3-9-14(2)10-12-5-4-6-13(11-14)8-7-12/h12-13H,3-11H2,1-2H3. The van der Waals surface area contributed by atoms with Gasteiger partial charge >= 0.3 is 0 Å². The van der Waals surface area contributed by atoms with Crippen molar-refractivity contribution in [3.05, 3.63) is 0 Å². The lowest BCUT2D eigenvalue weighted by Gasteiger charge is -2.34. The fourth-order valence-corrected chi connectivity index (χ4v) is 4.15. The molecule has 2 bridgehead atoms. The highest BCUT2D eigenvalue weighted by molar-refractivity contribution is 4.87. The Morgan fingerprint density at radius 1 is 1.00 bits per heavy atom. The Hall–Kier alpha value is 0. The van der Waals surface area contributed by atoms with E-state index in [4.69, 9.17) is 0 Å². The molecule has 82 valence electrons. The molecule has 2 unspecified atom stereocenters. The molecule has 0 aromatic heterocycles. The van der Waals surface area contributed by atoms with Gasteiger partial charge in [-0.05, 0) is 36.5 Å². The van der Waals surface area contributed by atoms with Crippen LogP contribution in [0.15, 0.2) is 0 Å². The lowest BCUT2D eigenvalue weighted by atomic mass is 9.71. The van der Waals surface area contributed by atoms with Gasteiger partial charge in [-0.25, -0.2) is 0 Å². The van der Waals surface area contributed by atoms with Gasteiger partial charge in [0.2, 0.25) is 0 Å². The predicted octanol–water partition coefficient (Wildman–Crippen LogP) is 4.78. The summed E-state index contributed by atoms with van der Waals surface area (Å²) in [6, 6.07) is 0. The summed E-state index contributed by atoms with van der Waals surface area (Å²) in [5.41, 5.74) is 0.709. The maximum Gasteiger partial charge on any atom is -0.0321 e. The van der Waals surface area contributed by atoms with Crippen LogP contribution in [0.4, 0.5) is 0 Å². The molecule has 0 heterocycles. The Kier molecular flexibility index (Phi) is 3.19. The monoisotopic (exact) mass is 194 g/mol. The van der Waals surface area contributed by atoms with Crippen molar-refractivity contribution >= 4 is 0 Å². The second-order valence-electron chi connectivity index (χ2n) is 6.21. The molecule has 2 rings (SSSR count). The number of hydrogen-bond acceptors (Lipinski definition) is 0. The van der Waals surface area contributed by atoms with Crippen LogP contribution in [-0.4, -0.2) is 0 Å². The first kappa shape index (κ1) is 10.5. The molecule has 14 heavy (non-hydrogen) atoms. The van der Waals surface area contributed by atoms with Crippen LogP contribution in [0.2, 0.25) is 0 Å². The maximum atomic E-state index is 2.56. The summed E-state index contributed by atoms with van der Waals surface area (Å²) in [7, 11) is 0. The van der Waals surface area contributed by atoms with E-state index in [9.17, 15) is 0 Å². The van der Waals surface area contributed by atoms with Crippen molar-refractivity contribution in [2.45, 2.75) is 71.6 Å². The van der Waals surface area contributed by atoms with Crippen LogP contribution in [0, 0.1) is 17.3 Å². The minimum Gasteiger partial charge on any atom is -0.0654 e. The molecule has 2 aliphatic rings. The average Bonchev–Trinajstić information content (AvgIpc) is 2.36. The zero-order chi connectivity index (χ0) is 10.0. The molecule has 0 N–H and O–H groups in total. The van der Waals surface area contributed by atoms with Gasteiger partial charge < -0.3 is 0 Å². The smallest absolute Gasteiger partial charge is 0.0321 e. The lowest BCUT2D eigenvalue weighted by molar-refractivity contribution is 0.170. The molecule has 2 fully saturated rings. The molecule has 0 amide bonds. The lowest BCUT2D eigenvalue weighted by Crippen LogP contribution is -2.22. The molecule has 2 aliphatic carbocycles. The van der Waals surface area contributed by atoms with Gasteiger partial charge in [0, 0.05) is 0 Å². The topological polar surface area (TPSA) is 0 Å². The summed E-state index contributed by atoms with van der Waals surface area (Å²) < 4.78 is 0. The first-order chi connectivity index (χ1) is 6.72. The van der Waals surface area contributed by atoms with E-state index in [1.54, 1.807) is 12.8 Å². The Morgan fingerprint density at radius 2 is 1.57 bits per heavy atom. The Balaban J connectivity index is 2.07. The minimum absolute atomic E-state index is 0.709. The van der Waals surface area contributed by atoms with Crippen LogP contribution in [0.5, 0.6) is 0 Å². The summed E-state index contributed by atoms with van der Waals surface area (Å²) in [5.74, 6) is 2.16. The van der Waals surface area contributed by atoms with Crippen LogP contribution in [0.3, 0.4) is 0 Å². The third-order valence-corrected chi connectivity index (χ3v) is 4.62. The zero-order valence-electron chi connectivity index (χ0n) is 10.0. The molecule has 2 saturated carbocycles. The van der Waals surface area contributed by atoms with Crippen molar-refractivity contribution in [2.75, 3.05) is 0 Å². The third-order valence-electron chi connectivity index (χ3n) is 4.62. The van der Waals surface area contributed by atoms with E-state index in [1.807, 2.05) is 0 Å². The van der Waals surface area contributed by atoms with Gasteiger partial charge in [-0.2, -0.15) is 0 Å². The van der Waals surface area contributed by atoms with Crippen LogP contribution in [-0.2, 0) is 0 Å². The molecule has 0 radical (unpaired) electrons. The Bertz CT molecular complexity index is 168. The van der Waals surface area contributed by atoms with E-state index in [1.165, 1.54) is 44.9 Å². The first-order valence-corrected chi connectivity index (χ1v) is 6.72. The SMILES string of the molecule is CCCC1(C)CC2CCCC(CC2)C1. The molecular formula is C14H26. The van der Waals surface area contributed by atoms with Crippen molar-refractivity contribution in [3.8, 4) is 0 Å². The van der Waals surface area contributed by atoms with Crippen LogP contribution >= 0.6 is 0 Å². The second-order valence-corrected chi connectivity index (χ2v) is 6.21. The first-order valence-electron chi connectivity index (χ1n) is 6.72. The summed E-state index contributed by atoms with van der Waals surface area (Å²) in [4.78, 5) is 0. The minimum atomic E-state index is 0.709.